The van der Waals surface area contributed by atoms with Gasteiger partial charge in [0.15, 0.2) is 0 Å². The monoisotopic (exact) mass is 394 g/mol. The second kappa shape index (κ2) is 8.54. The summed E-state index contributed by atoms with van der Waals surface area (Å²) in [5.41, 5.74) is 13.1. The molecule has 0 spiro atoms. The number of phenolic OH excluding ortho intramolecular Hbond substituents is 1. The largest absolute Gasteiger partial charge is 0.507 e. The summed E-state index contributed by atoms with van der Waals surface area (Å²) in [6, 6.07) is 2.43. The fourth-order valence-corrected chi connectivity index (χ4v) is 5.37. The Morgan fingerprint density at radius 1 is 0.517 bits per heavy atom. The summed E-state index contributed by atoms with van der Waals surface area (Å²) in [5, 5.41) is 11.2. The van der Waals surface area contributed by atoms with E-state index < -0.39 is 0 Å². The first kappa shape index (κ1) is 23.5. The SMILES string of the molecule is Cc1c(C(C)C)cc(C(C)C)c(C)c1-c1c(C)c(C(C)C)c(O)c(C(C)C)c1C. The first-order valence-corrected chi connectivity index (χ1v) is 11.3. The molecule has 0 bridgehead atoms. The van der Waals surface area contributed by atoms with Crippen molar-refractivity contribution in [1.82, 2.24) is 0 Å². The van der Waals surface area contributed by atoms with Crippen LogP contribution in [-0.4, -0.2) is 5.11 Å². The third-order valence-electron chi connectivity index (χ3n) is 6.64. The van der Waals surface area contributed by atoms with E-state index in [1.807, 2.05) is 0 Å². The predicted octanol–water partition coefficient (Wildman–Crippen LogP) is 8.79. The third kappa shape index (κ3) is 3.98. The lowest BCUT2D eigenvalue weighted by molar-refractivity contribution is 0.453. The topological polar surface area (TPSA) is 20.2 Å². The average Bonchev–Trinajstić information content (AvgIpc) is 2.56. The molecule has 29 heavy (non-hydrogen) atoms. The predicted molar refractivity (Wildman–Crippen MR) is 129 cm³/mol. The highest BCUT2D eigenvalue weighted by atomic mass is 16.3. The number of hydrogen-bond acceptors (Lipinski definition) is 1. The lowest BCUT2D eigenvalue weighted by Crippen LogP contribution is -2.09. The number of rotatable bonds is 5. The normalized spacial score (nSPS) is 12.1. The van der Waals surface area contributed by atoms with Crippen molar-refractivity contribution in [3.05, 3.63) is 50.6 Å². The number of phenols is 1. The first-order valence-electron chi connectivity index (χ1n) is 11.3. The molecule has 0 aliphatic heterocycles. The standard InChI is InChI=1S/C28H42O/c1-14(2)22-13-23(15(3)4)19(10)26(18(22)9)27-20(11)24(16(5)6)28(29)25(17(7)8)21(27)12/h13-17,29H,1-12H3. The van der Waals surface area contributed by atoms with E-state index in [1.165, 1.54) is 44.5 Å². The minimum atomic E-state index is 0.283. The Labute approximate surface area is 179 Å². The van der Waals surface area contributed by atoms with Gasteiger partial charge in [-0.15, -0.1) is 0 Å². The zero-order valence-corrected chi connectivity index (χ0v) is 20.8. The first-order chi connectivity index (χ1) is 13.3. The highest BCUT2D eigenvalue weighted by Gasteiger charge is 2.26. The van der Waals surface area contributed by atoms with Gasteiger partial charge in [0.1, 0.15) is 5.75 Å². The van der Waals surface area contributed by atoms with Crippen molar-refractivity contribution >= 4 is 0 Å². The molecule has 0 aliphatic rings. The Bertz CT molecular complexity index is 844. The molecule has 2 aromatic rings. The highest BCUT2D eigenvalue weighted by Crippen LogP contribution is 2.47. The van der Waals surface area contributed by atoms with E-state index in [2.05, 4.69) is 89.2 Å². The summed E-state index contributed by atoms with van der Waals surface area (Å²) in [6.07, 6.45) is 0. The number of hydrogen-bond donors (Lipinski definition) is 1. The van der Waals surface area contributed by atoms with Crippen molar-refractivity contribution < 1.29 is 5.11 Å². The summed E-state index contributed by atoms with van der Waals surface area (Å²) in [7, 11) is 0. The summed E-state index contributed by atoms with van der Waals surface area (Å²) in [6.45, 7) is 26.9. The molecule has 0 saturated heterocycles. The van der Waals surface area contributed by atoms with Crippen LogP contribution in [0.2, 0.25) is 0 Å². The molecular formula is C28H42O. The Kier molecular flexibility index (Phi) is 6.93. The van der Waals surface area contributed by atoms with Crippen LogP contribution in [0.25, 0.3) is 11.1 Å². The van der Waals surface area contributed by atoms with Crippen molar-refractivity contribution in [3.63, 3.8) is 0 Å². The minimum absolute atomic E-state index is 0.283. The minimum Gasteiger partial charge on any atom is -0.507 e. The van der Waals surface area contributed by atoms with Crippen LogP contribution in [0.4, 0.5) is 0 Å². The molecule has 0 radical (unpaired) electrons. The average molecular weight is 395 g/mol. The van der Waals surface area contributed by atoms with E-state index in [4.69, 9.17) is 0 Å². The van der Waals surface area contributed by atoms with Crippen molar-refractivity contribution in [2.75, 3.05) is 0 Å². The molecule has 1 N–H and O–H groups in total. The molecule has 1 nitrogen and oxygen atoms in total. The van der Waals surface area contributed by atoms with Gasteiger partial charge in [0.25, 0.3) is 0 Å². The fraction of sp³-hybridized carbons (Fsp3) is 0.571. The van der Waals surface area contributed by atoms with Gasteiger partial charge in [-0.2, -0.15) is 0 Å². The fourth-order valence-electron chi connectivity index (χ4n) is 5.37. The molecule has 0 aromatic heterocycles. The van der Waals surface area contributed by atoms with Crippen LogP contribution < -0.4 is 0 Å². The molecular weight excluding hydrogens is 352 g/mol. The van der Waals surface area contributed by atoms with Gasteiger partial charge >= 0.3 is 0 Å². The van der Waals surface area contributed by atoms with Crippen LogP contribution in [0.3, 0.4) is 0 Å². The summed E-state index contributed by atoms with van der Waals surface area (Å²) in [4.78, 5) is 0. The van der Waals surface area contributed by atoms with Crippen LogP contribution >= 0.6 is 0 Å². The van der Waals surface area contributed by atoms with E-state index in [1.54, 1.807) is 0 Å². The van der Waals surface area contributed by atoms with Crippen LogP contribution in [0.5, 0.6) is 5.75 Å². The van der Waals surface area contributed by atoms with Crippen LogP contribution in [0, 0.1) is 27.7 Å². The van der Waals surface area contributed by atoms with Gasteiger partial charge in [0.2, 0.25) is 0 Å². The zero-order chi connectivity index (χ0) is 22.4. The van der Waals surface area contributed by atoms with Crippen LogP contribution in [-0.2, 0) is 0 Å². The molecule has 160 valence electrons. The van der Waals surface area contributed by atoms with E-state index in [9.17, 15) is 5.11 Å². The lowest BCUT2D eigenvalue weighted by atomic mass is 9.76. The van der Waals surface area contributed by atoms with E-state index >= 15 is 0 Å². The molecule has 0 aliphatic carbocycles. The summed E-state index contributed by atoms with van der Waals surface area (Å²) < 4.78 is 0. The van der Waals surface area contributed by atoms with Crippen LogP contribution in [0.1, 0.15) is 124 Å². The molecule has 0 saturated carbocycles. The maximum Gasteiger partial charge on any atom is 0.123 e. The molecule has 0 atom stereocenters. The molecule has 2 aromatic carbocycles. The van der Waals surface area contributed by atoms with Gasteiger partial charge in [-0.05, 0) is 95.9 Å². The van der Waals surface area contributed by atoms with Crippen LogP contribution in [0.15, 0.2) is 6.07 Å². The second-order valence-electron chi connectivity index (χ2n) is 10.1. The molecule has 1 heteroatoms. The van der Waals surface area contributed by atoms with Crippen molar-refractivity contribution in [2.45, 2.75) is 107 Å². The quantitative estimate of drug-likeness (QED) is 0.537. The Balaban J connectivity index is 3.13. The third-order valence-corrected chi connectivity index (χ3v) is 6.64. The Morgan fingerprint density at radius 2 is 0.828 bits per heavy atom. The summed E-state index contributed by atoms with van der Waals surface area (Å²) >= 11 is 0. The van der Waals surface area contributed by atoms with Crippen molar-refractivity contribution in [3.8, 4) is 16.9 Å². The van der Waals surface area contributed by atoms with E-state index in [0.717, 1.165) is 11.1 Å². The molecule has 0 heterocycles. The van der Waals surface area contributed by atoms with E-state index in [-0.39, 0.29) is 11.8 Å². The second-order valence-corrected chi connectivity index (χ2v) is 10.1. The number of benzene rings is 2. The maximum absolute atomic E-state index is 11.2. The smallest absolute Gasteiger partial charge is 0.123 e. The zero-order valence-electron chi connectivity index (χ0n) is 20.8. The molecule has 2 rings (SSSR count). The van der Waals surface area contributed by atoms with Gasteiger partial charge in [-0.3, -0.25) is 0 Å². The van der Waals surface area contributed by atoms with Gasteiger partial charge in [-0.25, -0.2) is 0 Å². The van der Waals surface area contributed by atoms with Gasteiger partial charge in [0, 0.05) is 11.1 Å². The Hall–Kier alpha value is -1.76. The maximum atomic E-state index is 11.2. The molecule has 0 fully saturated rings. The molecule has 0 unspecified atom stereocenters. The van der Waals surface area contributed by atoms with Gasteiger partial charge < -0.3 is 5.11 Å². The number of aromatic hydroxyl groups is 1. The van der Waals surface area contributed by atoms with Crippen molar-refractivity contribution in [1.29, 1.82) is 0 Å². The van der Waals surface area contributed by atoms with E-state index in [0.29, 0.717) is 17.6 Å². The highest BCUT2D eigenvalue weighted by molar-refractivity contribution is 5.82. The van der Waals surface area contributed by atoms with Gasteiger partial charge in [-0.1, -0.05) is 61.5 Å². The van der Waals surface area contributed by atoms with Gasteiger partial charge in [0.05, 0.1) is 0 Å². The summed E-state index contributed by atoms with van der Waals surface area (Å²) in [5.74, 6) is 2.04. The lowest BCUT2D eigenvalue weighted by Gasteiger charge is -2.29. The molecule has 0 amide bonds. The van der Waals surface area contributed by atoms with Crippen molar-refractivity contribution in [2.24, 2.45) is 0 Å². The Morgan fingerprint density at radius 3 is 1.10 bits per heavy atom.